The number of carbonyl (C=O) groups excluding carboxylic acids is 2. The number of nitrogens with one attached hydrogen (secondary N) is 2. The van der Waals surface area contributed by atoms with E-state index in [2.05, 4.69) is 20.5 Å². The number of ether oxygens (including phenoxy) is 3. The second kappa shape index (κ2) is 15.8. The van der Waals surface area contributed by atoms with E-state index in [9.17, 15) is 22.8 Å². The lowest BCUT2D eigenvalue weighted by atomic mass is 10.0. The predicted octanol–water partition coefficient (Wildman–Crippen LogP) is 6.51. The summed E-state index contributed by atoms with van der Waals surface area (Å²) in [7, 11) is 1.59. The zero-order chi connectivity index (χ0) is 35.0. The van der Waals surface area contributed by atoms with Crippen molar-refractivity contribution >= 4 is 17.5 Å². The van der Waals surface area contributed by atoms with Crippen LogP contribution in [0.3, 0.4) is 0 Å². The van der Waals surface area contributed by atoms with Gasteiger partial charge in [0, 0.05) is 42.2 Å². The molecule has 2 heterocycles. The number of pyridine rings is 1. The molecule has 4 aromatic rings. The first kappa shape index (κ1) is 35.1. The summed E-state index contributed by atoms with van der Waals surface area (Å²) in [6.07, 6.45) is -2.65. The van der Waals surface area contributed by atoms with Crippen LogP contribution in [-0.4, -0.2) is 61.6 Å². The number of likely N-dealkylation sites (tertiary alicyclic amines) is 1. The van der Waals surface area contributed by atoms with Gasteiger partial charge in [-0.2, -0.15) is 13.2 Å². The van der Waals surface area contributed by atoms with Crippen LogP contribution in [0.2, 0.25) is 0 Å². The second-order valence-corrected chi connectivity index (χ2v) is 11.4. The van der Waals surface area contributed by atoms with Gasteiger partial charge in [-0.25, -0.2) is 9.37 Å². The third kappa shape index (κ3) is 9.47. The van der Waals surface area contributed by atoms with Crippen molar-refractivity contribution in [2.75, 3.05) is 45.2 Å². The van der Waals surface area contributed by atoms with Crippen molar-refractivity contribution in [3.63, 3.8) is 0 Å². The Morgan fingerprint density at radius 2 is 1.76 bits per heavy atom. The number of halogens is 4. The molecule has 5 rings (SSSR count). The first-order valence-electron chi connectivity index (χ1n) is 15.7. The molecular weight excluding hydrogens is 644 g/mol. The minimum atomic E-state index is -4.76. The Morgan fingerprint density at radius 3 is 2.41 bits per heavy atom. The first-order valence-corrected chi connectivity index (χ1v) is 15.7. The van der Waals surface area contributed by atoms with Crippen molar-refractivity contribution in [3.05, 3.63) is 101 Å². The van der Waals surface area contributed by atoms with Gasteiger partial charge in [-0.3, -0.25) is 9.59 Å². The lowest BCUT2D eigenvalue weighted by molar-refractivity contribution is -0.137. The number of hydrogen-bond acceptors (Lipinski definition) is 7. The highest BCUT2D eigenvalue weighted by atomic mass is 19.4. The van der Waals surface area contributed by atoms with E-state index in [4.69, 9.17) is 14.2 Å². The molecule has 1 fully saturated rings. The van der Waals surface area contributed by atoms with Crippen molar-refractivity contribution < 1.29 is 41.4 Å². The largest absolute Gasteiger partial charge is 0.497 e. The van der Waals surface area contributed by atoms with Gasteiger partial charge in [-0.1, -0.05) is 24.3 Å². The van der Waals surface area contributed by atoms with E-state index in [1.165, 1.54) is 18.3 Å². The number of anilines is 1. The maximum Gasteiger partial charge on any atom is 0.416 e. The molecule has 1 saturated heterocycles. The third-order valence-corrected chi connectivity index (χ3v) is 7.87. The monoisotopic (exact) mass is 680 g/mol. The Hall–Kier alpha value is -5.17. The molecule has 1 aliphatic heterocycles. The number of rotatable bonds is 14. The number of carbonyl (C=O) groups is 2. The van der Waals surface area contributed by atoms with Crippen molar-refractivity contribution in [3.8, 4) is 28.5 Å². The summed E-state index contributed by atoms with van der Waals surface area (Å²) in [6, 6.07) is 15.9. The zero-order valence-corrected chi connectivity index (χ0v) is 27.0. The van der Waals surface area contributed by atoms with Gasteiger partial charge in [0.2, 0.25) is 11.8 Å². The molecule has 49 heavy (non-hydrogen) atoms. The third-order valence-electron chi connectivity index (χ3n) is 7.87. The Kier molecular flexibility index (Phi) is 11.3. The van der Waals surface area contributed by atoms with E-state index in [1.54, 1.807) is 26.2 Å². The molecule has 1 aromatic heterocycles. The average Bonchev–Trinajstić information content (AvgIpc) is 3.05. The van der Waals surface area contributed by atoms with Gasteiger partial charge in [0.1, 0.15) is 23.9 Å². The molecule has 258 valence electrons. The van der Waals surface area contributed by atoms with Crippen LogP contribution in [0.1, 0.15) is 40.4 Å². The van der Waals surface area contributed by atoms with Gasteiger partial charge in [-0.15, -0.1) is 0 Å². The predicted molar refractivity (Wildman–Crippen MR) is 175 cm³/mol. The standard InChI is InChI=1S/C36H36F4N4O5/c1-3-48-32-20-34(49-22-23-5-9-29(47-2)10-6-23)42-21-30(32)24-7-8-25(31(37)17-24)18-33(45)43-28-16-26(15-27(19-28)36(38,39)40)35(46)41-11-14-44-12-4-13-44/h5-10,15-17,19-21H,3-4,11-14,18,22H2,1-2H3,(H,41,46)(H,43,45). The van der Waals surface area contributed by atoms with Crippen LogP contribution in [0.25, 0.3) is 11.1 Å². The average molecular weight is 681 g/mol. The van der Waals surface area contributed by atoms with Crippen molar-refractivity contribution in [1.29, 1.82) is 0 Å². The smallest absolute Gasteiger partial charge is 0.416 e. The number of aromatic nitrogens is 1. The van der Waals surface area contributed by atoms with Gasteiger partial charge in [-0.05, 0) is 79.5 Å². The van der Waals surface area contributed by atoms with Crippen LogP contribution in [0.15, 0.2) is 72.9 Å². The van der Waals surface area contributed by atoms with Crippen molar-refractivity contribution in [2.24, 2.45) is 0 Å². The molecule has 13 heteroatoms. The van der Waals surface area contributed by atoms with E-state index < -0.39 is 35.8 Å². The van der Waals surface area contributed by atoms with Crippen LogP contribution >= 0.6 is 0 Å². The fraction of sp³-hybridized carbons (Fsp3) is 0.306. The molecule has 0 unspecified atom stereocenters. The molecule has 0 atom stereocenters. The summed E-state index contributed by atoms with van der Waals surface area (Å²) in [5, 5.41) is 5.00. The molecule has 0 saturated carbocycles. The SMILES string of the molecule is CCOc1cc(OCc2ccc(OC)cc2)ncc1-c1ccc(CC(=O)Nc2cc(C(=O)NCCN3CCC3)cc(C(F)(F)F)c2)c(F)c1. The Morgan fingerprint density at radius 1 is 0.980 bits per heavy atom. The van der Waals surface area contributed by atoms with Gasteiger partial charge >= 0.3 is 6.18 Å². The van der Waals surface area contributed by atoms with E-state index in [-0.39, 0.29) is 30.0 Å². The maximum atomic E-state index is 15.3. The first-order chi connectivity index (χ1) is 23.5. The van der Waals surface area contributed by atoms with Crippen LogP contribution in [0, 0.1) is 5.82 Å². The molecule has 0 bridgehead atoms. The number of alkyl halides is 3. The van der Waals surface area contributed by atoms with Crippen LogP contribution in [0.4, 0.5) is 23.2 Å². The fourth-order valence-electron chi connectivity index (χ4n) is 5.13. The van der Waals surface area contributed by atoms with Gasteiger partial charge in [0.25, 0.3) is 5.91 Å². The van der Waals surface area contributed by atoms with Crippen molar-refractivity contribution in [2.45, 2.75) is 32.5 Å². The lowest BCUT2D eigenvalue weighted by Gasteiger charge is -2.30. The Balaban J connectivity index is 1.25. The van der Waals surface area contributed by atoms with Gasteiger partial charge in [0.15, 0.2) is 0 Å². The fourth-order valence-corrected chi connectivity index (χ4v) is 5.13. The summed E-state index contributed by atoms with van der Waals surface area (Å²) >= 11 is 0. The highest BCUT2D eigenvalue weighted by molar-refractivity contribution is 5.98. The second-order valence-electron chi connectivity index (χ2n) is 11.4. The summed E-state index contributed by atoms with van der Waals surface area (Å²) in [4.78, 5) is 32.0. The molecule has 2 N–H and O–H groups in total. The number of hydrogen-bond donors (Lipinski definition) is 2. The highest BCUT2D eigenvalue weighted by Gasteiger charge is 2.32. The van der Waals surface area contributed by atoms with Crippen LogP contribution in [-0.2, 0) is 24.0 Å². The maximum absolute atomic E-state index is 15.3. The lowest BCUT2D eigenvalue weighted by Crippen LogP contribution is -2.42. The minimum Gasteiger partial charge on any atom is -0.497 e. The molecule has 1 aliphatic rings. The highest BCUT2D eigenvalue weighted by Crippen LogP contribution is 2.34. The molecule has 9 nitrogen and oxygen atoms in total. The number of methoxy groups -OCH3 is 1. The van der Waals surface area contributed by atoms with E-state index in [0.717, 1.165) is 49.0 Å². The van der Waals surface area contributed by atoms with E-state index in [1.807, 2.05) is 24.3 Å². The summed E-state index contributed by atoms with van der Waals surface area (Å²) in [6.45, 7) is 5.08. The molecule has 0 aliphatic carbocycles. The molecular formula is C36H36F4N4O5. The number of benzene rings is 3. The topological polar surface area (TPSA) is 102 Å². The molecule has 2 amide bonds. The van der Waals surface area contributed by atoms with Gasteiger partial charge < -0.3 is 29.7 Å². The van der Waals surface area contributed by atoms with E-state index in [0.29, 0.717) is 35.9 Å². The quantitative estimate of drug-likeness (QED) is 0.147. The molecule has 3 aromatic carbocycles. The van der Waals surface area contributed by atoms with E-state index >= 15 is 4.39 Å². The molecule has 0 spiro atoms. The minimum absolute atomic E-state index is 0.0163. The number of amides is 2. The normalized spacial score (nSPS) is 12.9. The summed E-state index contributed by atoms with van der Waals surface area (Å²) in [5.41, 5.74) is 0.271. The van der Waals surface area contributed by atoms with Crippen molar-refractivity contribution in [1.82, 2.24) is 15.2 Å². The van der Waals surface area contributed by atoms with Crippen LogP contribution in [0.5, 0.6) is 17.4 Å². The zero-order valence-electron chi connectivity index (χ0n) is 27.0. The summed E-state index contributed by atoms with van der Waals surface area (Å²) < 4.78 is 73.0. The van der Waals surface area contributed by atoms with Gasteiger partial charge in [0.05, 0.1) is 25.7 Å². The Bertz CT molecular complexity index is 1780. The van der Waals surface area contributed by atoms with Crippen LogP contribution < -0.4 is 24.8 Å². The Labute approximate surface area is 281 Å². The summed E-state index contributed by atoms with van der Waals surface area (Å²) in [5.74, 6) is -0.717. The molecule has 0 radical (unpaired) electrons. The number of nitrogens with zero attached hydrogens (tertiary/aromatic N) is 2.